The van der Waals surface area contributed by atoms with Crippen LogP contribution >= 0.6 is 0 Å². The highest BCUT2D eigenvalue weighted by Gasteiger charge is 2.19. The van der Waals surface area contributed by atoms with Gasteiger partial charge >= 0.3 is 0 Å². The molecule has 1 aliphatic rings. The SMILES string of the molecule is COc1ccccc1OCC(O)CC1CCCC1. The van der Waals surface area contributed by atoms with Gasteiger partial charge in [0.15, 0.2) is 11.5 Å². The van der Waals surface area contributed by atoms with Crippen molar-refractivity contribution < 1.29 is 14.6 Å². The average molecular weight is 250 g/mol. The predicted molar refractivity (Wildman–Crippen MR) is 71.1 cm³/mol. The number of methoxy groups -OCH3 is 1. The molecule has 18 heavy (non-hydrogen) atoms. The molecule has 1 atom stereocenters. The summed E-state index contributed by atoms with van der Waals surface area (Å²) in [4.78, 5) is 0. The van der Waals surface area contributed by atoms with Crippen molar-refractivity contribution in [1.29, 1.82) is 0 Å². The smallest absolute Gasteiger partial charge is 0.161 e. The Hall–Kier alpha value is -1.22. The van der Waals surface area contributed by atoms with Crippen LogP contribution in [0.5, 0.6) is 11.5 Å². The largest absolute Gasteiger partial charge is 0.493 e. The third kappa shape index (κ3) is 3.64. The number of rotatable bonds is 6. The van der Waals surface area contributed by atoms with Gasteiger partial charge < -0.3 is 14.6 Å². The summed E-state index contributed by atoms with van der Waals surface area (Å²) < 4.78 is 10.8. The lowest BCUT2D eigenvalue weighted by Crippen LogP contribution is -2.20. The molecular weight excluding hydrogens is 228 g/mol. The van der Waals surface area contributed by atoms with Crippen molar-refractivity contribution in [3.05, 3.63) is 24.3 Å². The molecule has 1 aliphatic carbocycles. The second-order valence-corrected chi connectivity index (χ2v) is 5.00. The van der Waals surface area contributed by atoms with Gasteiger partial charge in [0.2, 0.25) is 0 Å². The van der Waals surface area contributed by atoms with Gasteiger partial charge in [-0.25, -0.2) is 0 Å². The molecule has 3 nitrogen and oxygen atoms in total. The summed E-state index contributed by atoms with van der Waals surface area (Å²) in [5.74, 6) is 2.09. The third-order valence-corrected chi connectivity index (χ3v) is 3.58. The molecule has 1 saturated carbocycles. The standard InChI is InChI=1S/C15H22O3/c1-17-14-8-4-5-9-15(14)18-11-13(16)10-12-6-2-3-7-12/h4-5,8-9,12-13,16H,2-3,6-7,10-11H2,1H3. The van der Waals surface area contributed by atoms with E-state index < -0.39 is 0 Å². The molecule has 2 rings (SSSR count). The first kappa shape index (κ1) is 13.2. The van der Waals surface area contributed by atoms with Crippen LogP contribution in [0, 0.1) is 5.92 Å². The topological polar surface area (TPSA) is 38.7 Å². The van der Waals surface area contributed by atoms with Crippen molar-refractivity contribution in [2.45, 2.75) is 38.2 Å². The fourth-order valence-corrected chi connectivity index (χ4v) is 2.62. The summed E-state index contributed by atoms with van der Waals surface area (Å²) in [5.41, 5.74) is 0. The van der Waals surface area contributed by atoms with E-state index in [1.807, 2.05) is 24.3 Å². The molecule has 1 unspecified atom stereocenters. The molecule has 0 bridgehead atoms. The van der Waals surface area contributed by atoms with Crippen molar-refractivity contribution >= 4 is 0 Å². The van der Waals surface area contributed by atoms with Crippen LogP contribution in [-0.4, -0.2) is 24.9 Å². The molecular formula is C15H22O3. The van der Waals surface area contributed by atoms with Gasteiger partial charge in [-0.2, -0.15) is 0 Å². The highest BCUT2D eigenvalue weighted by Crippen LogP contribution is 2.29. The van der Waals surface area contributed by atoms with Gasteiger partial charge in [0, 0.05) is 0 Å². The lowest BCUT2D eigenvalue weighted by molar-refractivity contribution is 0.0842. The zero-order chi connectivity index (χ0) is 12.8. The normalized spacial score (nSPS) is 17.7. The molecule has 0 heterocycles. The van der Waals surface area contributed by atoms with E-state index in [0.29, 0.717) is 24.0 Å². The number of hydrogen-bond acceptors (Lipinski definition) is 3. The van der Waals surface area contributed by atoms with Crippen LogP contribution in [0.1, 0.15) is 32.1 Å². The van der Waals surface area contributed by atoms with Crippen molar-refractivity contribution in [3.63, 3.8) is 0 Å². The van der Waals surface area contributed by atoms with Crippen LogP contribution in [-0.2, 0) is 0 Å². The molecule has 0 aliphatic heterocycles. The summed E-state index contributed by atoms with van der Waals surface area (Å²) >= 11 is 0. The van der Waals surface area contributed by atoms with Crippen LogP contribution < -0.4 is 9.47 Å². The number of aliphatic hydroxyl groups is 1. The molecule has 1 N–H and O–H groups in total. The lowest BCUT2D eigenvalue weighted by Gasteiger charge is -2.17. The summed E-state index contributed by atoms with van der Waals surface area (Å²) in [6.45, 7) is 0.344. The van der Waals surface area contributed by atoms with E-state index in [4.69, 9.17) is 9.47 Å². The van der Waals surface area contributed by atoms with Crippen molar-refractivity contribution in [1.82, 2.24) is 0 Å². The Morgan fingerprint density at radius 2 is 1.89 bits per heavy atom. The molecule has 0 aromatic heterocycles. The average Bonchev–Trinajstić information content (AvgIpc) is 2.89. The summed E-state index contributed by atoms with van der Waals surface area (Å²) in [5, 5.41) is 9.97. The number of para-hydroxylation sites is 2. The molecule has 0 radical (unpaired) electrons. The van der Waals surface area contributed by atoms with Crippen molar-refractivity contribution in [3.8, 4) is 11.5 Å². The van der Waals surface area contributed by atoms with E-state index >= 15 is 0 Å². The highest BCUT2D eigenvalue weighted by atomic mass is 16.5. The first-order chi connectivity index (χ1) is 8.79. The van der Waals surface area contributed by atoms with E-state index in [1.165, 1.54) is 25.7 Å². The lowest BCUT2D eigenvalue weighted by atomic mass is 10.0. The summed E-state index contributed by atoms with van der Waals surface area (Å²) in [6, 6.07) is 7.53. The minimum Gasteiger partial charge on any atom is -0.493 e. The van der Waals surface area contributed by atoms with Crippen molar-refractivity contribution in [2.75, 3.05) is 13.7 Å². The Morgan fingerprint density at radius 3 is 2.56 bits per heavy atom. The number of aliphatic hydroxyl groups excluding tert-OH is 1. The fraction of sp³-hybridized carbons (Fsp3) is 0.600. The Labute approximate surface area is 109 Å². The summed E-state index contributed by atoms with van der Waals surface area (Å²) in [6.07, 6.45) is 5.61. The van der Waals surface area contributed by atoms with Gasteiger partial charge in [0.05, 0.1) is 13.2 Å². The quantitative estimate of drug-likeness (QED) is 0.843. The van der Waals surface area contributed by atoms with Gasteiger partial charge in [-0.3, -0.25) is 0 Å². The van der Waals surface area contributed by atoms with Crippen LogP contribution in [0.2, 0.25) is 0 Å². The first-order valence-corrected chi connectivity index (χ1v) is 6.73. The molecule has 1 aromatic carbocycles. The maximum atomic E-state index is 9.97. The molecule has 0 amide bonds. The highest BCUT2D eigenvalue weighted by molar-refractivity contribution is 5.39. The number of hydrogen-bond donors (Lipinski definition) is 1. The van der Waals surface area contributed by atoms with E-state index in [9.17, 15) is 5.11 Å². The predicted octanol–water partition coefficient (Wildman–Crippen LogP) is 3.02. The Kier molecular flexibility index (Phi) is 4.88. The van der Waals surface area contributed by atoms with E-state index in [1.54, 1.807) is 7.11 Å². The van der Waals surface area contributed by atoms with Crippen molar-refractivity contribution in [2.24, 2.45) is 5.92 Å². The monoisotopic (exact) mass is 250 g/mol. The fourth-order valence-electron chi connectivity index (χ4n) is 2.62. The minimum absolute atomic E-state index is 0.344. The van der Waals surface area contributed by atoms with Gasteiger partial charge in [-0.1, -0.05) is 37.8 Å². The van der Waals surface area contributed by atoms with E-state index in [-0.39, 0.29) is 6.10 Å². The molecule has 100 valence electrons. The summed E-state index contributed by atoms with van der Waals surface area (Å²) in [7, 11) is 1.62. The van der Waals surface area contributed by atoms with Gasteiger partial charge in [-0.15, -0.1) is 0 Å². The number of benzene rings is 1. The van der Waals surface area contributed by atoms with Crippen LogP contribution in [0.15, 0.2) is 24.3 Å². The number of ether oxygens (including phenoxy) is 2. The van der Waals surface area contributed by atoms with Gasteiger partial charge in [0.25, 0.3) is 0 Å². The molecule has 0 saturated heterocycles. The maximum absolute atomic E-state index is 9.97. The van der Waals surface area contributed by atoms with Gasteiger partial charge in [-0.05, 0) is 24.5 Å². The van der Waals surface area contributed by atoms with Crippen LogP contribution in [0.3, 0.4) is 0 Å². The Morgan fingerprint density at radius 1 is 1.22 bits per heavy atom. The maximum Gasteiger partial charge on any atom is 0.161 e. The second kappa shape index (κ2) is 6.64. The molecule has 1 aromatic rings. The molecule has 1 fully saturated rings. The molecule has 0 spiro atoms. The third-order valence-electron chi connectivity index (χ3n) is 3.58. The van der Waals surface area contributed by atoms with Crippen LogP contribution in [0.25, 0.3) is 0 Å². The van der Waals surface area contributed by atoms with E-state index in [0.717, 1.165) is 6.42 Å². The molecule has 3 heteroatoms. The second-order valence-electron chi connectivity index (χ2n) is 5.00. The van der Waals surface area contributed by atoms with Gasteiger partial charge in [0.1, 0.15) is 6.61 Å². The van der Waals surface area contributed by atoms with Crippen LogP contribution in [0.4, 0.5) is 0 Å². The Balaban J connectivity index is 1.79. The minimum atomic E-state index is -0.377. The zero-order valence-electron chi connectivity index (χ0n) is 11.0. The Bertz CT molecular complexity index is 359. The zero-order valence-corrected chi connectivity index (χ0v) is 11.0. The first-order valence-electron chi connectivity index (χ1n) is 6.73. The van der Waals surface area contributed by atoms with E-state index in [2.05, 4.69) is 0 Å².